The fourth-order valence-electron chi connectivity index (χ4n) is 4.07. The number of phenolic OH excluding ortho intramolecular Hbond substituents is 1. The van der Waals surface area contributed by atoms with Gasteiger partial charge in [-0.3, -0.25) is 4.79 Å². The molecule has 0 radical (unpaired) electrons. The van der Waals surface area contributed by atoms with Gasteiger partial charge in [0.15, 0.2) is 5.67 Å². The van der Waals surface area contributed by atoms with E-state index in [4.69, 9.17) is 4.74 Å². The number of nitrogens with one attached hydrogen (secondary N) is 2. The lowest BCUT2D eigenvalue weighted by Gasteiger charge is -2.24. The Morgan fingerprint density at radius 3 is 2.59 bits per heavy atom. The molecule has 0 fully saturated rings. The molecule has 3 aromatic rings. The molecule has 0 aliphatic rings. The van der Waals surface area contributed by atoms with Crippen LogP contribution >= 0.6 is 0 Å². The monoisotopic (exact) mass is 470 g/mol. The molecule has 1 unspecified atom stereocenters. The summed E-state index contributed by atoms with van der Waals surface area (Å²) in [5.74, 6) is -0.0208. The van der Waals surface area contributed by atoms with Gasteiger partial charge in [-0.05, 0) is 49.1 Å². The molecular weight excluding hydrogens is 435 g/mol. The van der Waals surface area contributed by atoms with Gasteiger partial charge in [0.2, 0.25) is 5.56 Å². The summed E-state index contributed by atoms with van der Waals surface area (Å²) in [7, 11) is 0. The standard InChI is InChI=1S/C27H35FN2O4/c1-2-27(28,20-10-6-5-7-11-20)19-34-17-9-4-3-8-16-29-18-24(32)21-12-14-23(31)26-22(21)13-15-25(33)30-26/h5-7,10-15,24,29,31-32H,2-4,8-9,16-19H2,1H3,(H,30,33)/t24-,27?/m0/s1. The molecule has 0 saturated heterocycles. The van der Waals surface area contributed by atoms with Crippen LogP contribution < -0.4 is 10.9 Å². The van der Waals surface area contributed by atoms with Crippen LogP contribution in [0.4, 0.5) is 4.39 Å². The lowest BCUT2D eigenvalue weighted by molar-refractivity contribution is 0.00786. The molecule has 4 N–H and O–H groups in total. The number of hydrogen-bond acceptors (Lipinski definition) is 5. The van der Waals surface area contributed by atoms with Gasteiger partial charge in [0.05, 0.1) is 18.2 Å². The first kappa shape index (κ1) is 25.9. The van der Waals surface area contributed by atoms with E-state index in [0.29, 0.717) is 41.6 Å². The number of alkyl halides is 1. The predicted octanol–water partition coefficient (Wildman–Crippen LogP) is 4.71. The van der Waals surface area contributed by atoms with Crippen molar-refractivity contribution < 1.29 is 19.3 Å². The van der Waals surface area contributed by atoms with Crippen LogP contribution in [0, 0.1) is 0 Å². The molecule has 1 heterocycles. The summed E-state index contributed by atoms with van der Waals surface area (Å²) < 4.78 is 20.7. The van der Waals surface area contributed by atoms with Crippen LogP contribution in [0.5, 0.6) is 5.75 Å². The number of hydrogen-bond donors (Lipinski definition) is 4. The van der Waals surface area contributed by atoms with E-state index in [9.17, 15) is 15.0 Å². The fraction of sp³-hybridized carbons (Fsp3) is 0.444. The molecule has 3 rings (SSSR count). The normalized spacial score (nSPS) is 14.2. The minimum atomic E-state index is -1.44. The van der Waals surface area contributed by atoms with Crippen LogP contribution in [0.1, 0.15) is 56.3 Å². The Bertz CT molecular complexity index is 1090. The van der Waals surface area contributed by atoms with Crippen LogP contribution in [0.3, 0.4) is 0 Å². The van der Waals surface area contributed by atoms with Crippen LogP contribution in [0.2, 0.25) is 0 Å². The average molecular weight is 471 g/mol. The first-order valence-corrected chi connectivity index (χ1v) is 12.0. The number of phenols is 1. The molecule has 0 amide bonds. The highest BCUT2D eigenvalue weighted by Crippen LogP contribution is 2.30. The van der Waals surface area contributed by atoms with Crippen molar-refractivity contribution in [2.24, 2.45) is 0 Å². The van der Waals surface area contributed by atoms with Crippen molar-refractivity contribution in [2.75, 3.05) is 26.3 Å². The molecule has 0 bridgehead atoms. The summed E-state index contributed by atoms with van der Waals surface area (Å²) in [5, 5.41) is 24.4. The third-order valence-electron chi connectivity index (χ3n) is 6.18. The van der Waals surface area contributed by atoms with Crippen LogP contribution in [-0.2, 0) is 10.4 Å². The Labute approximate surface area is 199 Å². The van der Waals surface area contributed by atoms with Crippen LogP contribution in [0.15, 0.2) is 59.4 Å². The smallest absolute Gasteiger partial charge is 0.248 e. The molecule has 34 heavy (non-hydrogen) atoms. The topological polar surface area (TPSA) is 94.6 Å². The molecular formula is C27H35FN2O4. The van der Waals surface area contributed by atoms with E-state index in [1.165, 1.54) is 12.1 Å². The fourth-order valence-corrected chi connectivity index (χ4v) is 4.07. The zero-order valence-electron chi connectivity index (χ0n) is 19.7. The number of rotatable bonds is 14. The summed E-state index contributed by atoms with van der Waals surface area (Å²) in [6, 6.07) is 15.3. The number of fused-ring (bicyclic) bond motifs is 1. The minimum absolute atomic E-state index is 0.0208. The number of halogens is 1. The number of ether oxygens (including phenoxy) is 1. The number of benzene rings is 2. The van der Waals surface area contributed by atoms with Gasteiger partial charge in [-0.15, -0.1) is 0 Å². The molecule has 7 heteroatoms. The Kier molecular flexibility index (Phi) is 9.62. The van der Waals surface area contributed by atoms with Crippen molar-refractivity contribution in [1.29, 1.82) is 0 Å². The van der Waals surface area contributed by atoms with E-state index in [0.717, 1.165) is 32.2 Å². The van der Waals surface area contributed by atoms with Gasteiger partial charge in [-0.2, -0.15) is 0 Å². The maximum absolute atomic E-state index is 15.1. The lowest BCUT2D eigenvalue weighted by atomic mass is 9.94. The quantitative estimate of drug-likeness (QED) is 0.256. The van der Waals surface area contributed by atoms with Gasteiger partial charge < -0.3 is 25.3 Å². The van der Waals surface area contributed by atoms with E-state index >= 15 is 4.39 Å². The largest absolute Gasteiger partial charge is 0.506 e. The van der Waals surface area contributed by atoms with Crippen molar-refractivity contribution in [3.8, 4) is 5.75 Å². The number of H-pyrrole nitrogens is 1. The highest BCUT2D eigenvalue weighted by molar-refractivity contribution is 5.87. The number of aliphatic hydroxyl groups is 1. The van der Waals surface area contributed by atoms with E-state index < -0.39 is 11.8 Å². The molecule has 2 atom stereocenters. The SMILES string of the molecule is CCC(F)(COCCCCCCNC[C@H](O)c1ccc(O)c2[nH]c(=O)ccc12)c1ccccc1. The van der Waals surface area contributed by atoms with Crippen molar-refractivity contribution in [1.82, 2.24) is 10.3 Å². The van der Waals surface area contributed by atoms with Gasteiger partial charge in [0.1, 0.15) is 5.75 Å². The van der Waals surface area contributed by atoms with E-state index in [1.807, 2.05) is 37.3 Å². The van der Waals surface area contributed by atoms with Crippen molar-refractivity contribution in [2.45, 2.75) is 50.8 Å². The summed E-state index contributed by atoms with van der Waals surface area (Å²) in [6.45, 7) is 3.60. The number of aromatic amines is 1. The van der Waals surface area contributed by atoms with Crippen molar-refractivity contribution in [3.05, 3.63) is 76.1 Å². The molecule has 0 saturated carbocycles. The summed E-state index contributed by atoms with van der Waals surface area (Å²) in [4.78, 5) is 14.1. The zero-order chi connectivity index (χ0) is 24.4. The maximum Gasteiger partial charge on any atom is 0.248 e. The third kappa shape index (κ3) is 6.88. The Balaban J connectivity index is 1.30. The highest BCUT2D eigenvalue weighted by atomic mass is 19.1. The molecule has 1 aromatic heterocycles. The highest BCUT2D eigenvalue weighted by Gasteiger charge is 2.29. The van der Waals surface area contributed by atoms with Gasteiger partial charge >= 0.3 is 0 Å². The number of aromatic nitrogens is 1. The Morgan fingerprint density at radius 2 is 1.82 bits per heavy atom. The zero-order valence-corrected chi connectivity index (χ0v) is 19.7. The second kappa shape index (κ2) is 12.6. The maximum atomic E-state index is 15.1. The molecule has 184 valence electrons. The summed E-state index contributed by atoms with van der Waals surface area (Å²) in [6.07, 6.45) is 3.48. The van der Waals surface area contributed by atoms with E-state index in [2.05, 4.69) is 10.3 Å². The van der Waals surface area contributed by atoms with Crippen LogP contribution in [0.25, 0.3) is 10.9 Å². The molecule has 0 aliphatic heterocycles. The Hall–Kier alpha value is -2.74. The Morgan fingerprint density at radius 1 is 1.06 bits per heavy atom. The number of aromatic hydroxyl groups is 1. The van der Waals surface area contributed by atoms with E-state index in [1.54, 1.807) is 12.1 Å². The second-order valence-electron chi connectivity index (χ2n) is 8.66. The van der Waals surface area contributed by atoms with Gasteiger partial charge in [0.25, 0.3) is 0 Å². The van der Waals surface area contributed by atoms with Crippen molar-refractivity contribution in [3.63, 3.8) is 0 Å². The van der Waals surface area contributed by atoms with Crippen LogP contribution in [-0.4, -0.2) is 41.5 Å². The van der Waals surface area contributed by atoms with E-state index in [-0.39, 0.29) is 17.9 Å². The number of pyridine rings is 1. The predicted molar refractivity (Wildman–Crippen MR) is 133 cm³/mol. The van der Waals surface area contributed by atoms with Gasteiger partial charge in [0, 0.05) is 24.6 Å². The average Bonchev–Trinajstić information content (AvgIpc) is 2.86. The second-order valence-corrected chi connectivity index (χ2v) is 8.66. The van der Waals surface area contributed by atoms with Gasteiger partial charge in [-0.25, -0.2) is 4.39 Å². The summed E-state index contributed by atoms with van der Waals surface area (Å²) in [5.41, 5.74) is -0.0912. The summed E-state index contributed by atoms with van der Waals surface area (Å²) >= 11 is 0. The number of aliphatic hydroxyl groups excluding tert-OH is 1. The molecule has 6 nitrogen and oxygen atoms in total. The van der Waals surface area contributed by atoms with Crippen molar-refractivity contribution >= 4 is 10.9 Å². The third-order valence-corrected chi connectivity index (χ3v) is 6.18. The first-order valence-electron chi connectivity index (χ1n) is 12.0. The number of unbranched alkanes of at least 4 members (excludes halogenated alkanes) is 3. The first-order chi connectivity index (χ1) is 16.4. The van der Waals surface area contributed by atoms with Gasteiger partial charge in [-0.1, -0.05) is 56.2 Å². The molecule has 0 aliphatic carbocycles. The minimum Gasteiger partial charge on any atom is -0.506 e. The lowest BCUT2D eigenvalue weighted by Crippen LogP contribution is -2.26. The molecule has 2 aromatic carbocycles. The molecule has 0 spiro atoms.